The first-order valence-corrected chi connectivity index (χ1v) is 6.50. The molecular formula is C16H14N2O3. The van der Waals surface area contributed by atoms with Gasteiger partial charge in [-0.3, -0.25) is 4.98 Å². The lowest BCUT2D eigenvalue weighted by molar-refractivity contribution is 0.0699. The Morgan fingerprint density at radius 3 is 2.90 bits per heavy atom. The predicted molar refractivity (Wildman–Crippen MR) is 78.4 cm³/mol. The summed E-state index contributed by atoms with van der Waals surface area (Å²) in [5.41, 5.74) is 2.08. The fourth-order valence-electron chi connectivity index (χ4n) is 2.33. The fraction of sp³-hybridized carbons (Fsp3) is 0.125. The molecule has 0 fully saturated rings. The van der Waals surface area contributed by atoms with Crippen molar-refractivity contribution < 1.29 is 14.6 Å². The van der Waals surface area contributed by atoms with E-state index in [2.05, 4.69) is 4.98 Å². The number of hydrogen-bond donors (Lipinski definition) is 1. The van der Waals surface area contributed by atoms with Gasteiger partial charge in [-0.25, -0.2) is 4.79 Å². The monoisotopic (exact) mass is 282 g/mol. The Kier molecular flexibility index (Phi) is 3.31. The molecule has 0 aliphatic rings. The molecule has 2 aromatic heterocycles. The number of aromatic nitrogens is 2. The van der Waals surface area contributed by atoms with Gasteiger partial charge in [0, 0.05) is 24.1 Å². The van der Waals surface area contributed by atoms with Gasteiger partial charge in [0.2, 0.25) is 0 Å². The summed E-state index contributed by atoms with van der Waals surface area (Å²) in [6.45, 7) is 0.357. The largest absolute Gasteiger partial charge is 0.486 e. The van der Waals surface area contributed by atoms with Crippen molar-refractivity contribution >= 4 is 16.9 Å². The summed E-state index contributed by atoms with van der Waals surface area (Å²) < 4.78 is 7.61. The van der Waals surface area contributed by atoms with Gasteiger partial charge < -0.3 is 14.4 Å². The molecule has 5 heteroatoms. The third-order valence-electron chi connectivity index (χ3n) is 3.44. The van der Waals surface area contributed by atoms with Crippen molar-refractivity contribution in [2.75, 3.05) is 0 Å². The third-order valence-corrected chi connectivity index (χ3v) is 3.44. The molecule has 0 unspecified atom stereocenters. The molecule has 0 atom stereocenters. The highest BCUT2D eigenvalue weighted by molar-refractivity contribution is 6.03. The molecular weight excluding hydrogens is 268 g/mol. The Bertz CT molecular complexity index is 794. The number of carboxylic acid groups (broad SMARTS) is 1. The minimum absolute atomic E-state index is 0.302. The first-order chi connectivity index (χ1) is 10.2. The van der Waals surface area contributed by atoms with Crippen molar-refractivity contribution in [3.05, 3.63) is 60.0 Å². The molecule has 1 aromatic carbocycles. The van der Waals surface area contributed by atoms with Crippen LogP contribution < -0.4 is 4.74 Å². The number of fused-ring (bicyclic) bond motifs is 1. The number of carbonyl (C=O) groups is 1. The van der Waals surface area contributed by atoms with Crippen LogP contribution in [0.2, 0.25) is 0 Å². The molecule has 0 bridgehead atoms. The molecule has 21 heavy (non-hydrogen) atoms. The lowest BCUT2D eigenvalue weighted by atomic mass is 10.1. The molecule has 0 saturated carbocycles. The molecule has 0 amide bonds. The third kappa shape index (κ3) is 2.45. The molecule has 3 aromatic rings. The van der Waals surface area contributed by atoms with Crippen molar-refractivity contribution in [1.29, 1.82) is 0 Å². The number of aryl methyl sites for hydroxylation is 1. The van der Waals surface area contributed by atoms with Crippen molar-refractivity contribution in [3.8, 4) is 5.75 Å². The number of hydrogen-bond acceptors (Lipinski definition) is 3. The lowest BCUT2D eigenvalue weighted by Gasteiger charge is -2.06. The van der Waals surface area contributed by atoms with E-state index in [9.17, 15) is 9.90 Å². The quantitative estimate of drug-likeness (QED) is 0.799. The summed E-state index contributed by atoms with van der Waals surface area (Å²) in [5, 5.41) is 9.96. The van der Waals surface area contributed by atoms with Crippen molar-refractivity contribution in [3.63, 3.8) is 0 Å². The summed E-state index contributed by atoms with van der Waals surface area (Å²) in [6.07, 6.45) is 3.33. The van der Waals surface area contributed by atoms with Gasteiger partial charge >= 0.3 is 5.97 Å². The zero-order valence-electron chi connectivity index (χ0n) is 11.5. The van der Waals surface area contributed by atoms with Crippen LogP contribution in [0, 0.1) is 0 Å². The normalized spacial score (nSPS) is 10.7. The van der Waals surface area contributed by atoms with Crippen molar-refractivity contribution in [1.82, 2.24) is 9.55 Å². The van der Waals surface area contributed by atoms with Gasteiger partial charge in [0.05, 0.1) is 17.5 Å². The summed E-state index contributed by atoms with van der Waals surface area (Å²) in [4.78, 5) is 15.3. The number of pyridine rings is 1. The molecule has 1 N–H and O–H groups in total. The molecule has 0 spiro atoms. The molecule has 0 aliphatic heterocycles. The SMILES string of the molecule is Cn1c(COc2cccnc2)cc2c(C(=O)O)cccc21. The van der Waals surface area contributed by atoms with Crippen molar-refractivity contribution in [2.24, 2.45) is 7.05 Å². The number of benzene rings is 1. The van der Waals surface area contributed by atoms with Crippen LogP contribution in [0.15, 0.2) is 48.8 Å². The van der Waals surface area contributed by atoms with E-state index in [4.69, 9.17) is 4.74 Å². The van der Waals surface area contributed by atoms with Gasteiger partial charge in [0.1, 0.15) is 12.4 Å². The minimum Gasteiger partial charge on any atom is -0.486 e. The maximum Gasteiger partial charge on any atom is 0.336 e. The van der Waals surface area contributed by atoms with E-state index in [1.165, 1.54) is 0 Å². The van der Waals surface area contributed by atoms with Crippen LogP contribution in [0.5, 0.6) is 5.75 Å². The molecule has 0 saturated heterocycles. The van der Waals surface area contributed by atoms with E-state index >= 15 is 0 Å². The van der Waals surface area contributed by atoms with Gasteiger partial charge in [-0.05, 0) is 30.3 Å². The number of ether oxygens (including phenoxy) is 1. The summed E-state index contributed by atoms with van der Waals surface area (Å²) in [5.74, 6) is -0.243. The molecule has 0 aliphatic carbocycles. The Morgan fingerprint density at radius 2 is 2.19 bits per heavy atom. The first kappa shape index (κ1) is 13.2. The van der Waals surface area contributed by atoms with Crippen LogP contribution >= 0.6 is 0 Å². The highest BCUT2D eigenvalue weighted by atomic mass is 16.5. The molecule has 0 radical (unpaired) electrons. The second-order valence-electron chi connectivity index (χ2n) is 4.72. The maximum atomic E-state index is 11.3. The zero-order valence-corrected chi connectivity index (χ0v) is 11.5. The Labute approximate surface area is 121 Å². The minimum atomic E-state index is -0.925. The van der Waals surface area contributed by atoms with Crippen LogP contribution in [0.1, 0.15) is 16.1 Å². The average Bonchev–Trinajstić information content (AvgIpc) is 2.83. The van der Waals surface area contributed by atoms with E-state index in [1.807, 2.05) is 29.8 Å². The van der Waals surface area contributed by atoms with Crippen LogP contribution in [0.4, 0.5) is 0 Å². The van der Waals surface area contributed by atoms with Crippen LogP contribution in [0.3, 0.4) is 0 Å². The number of aromatic carboxylic acids is 1. The maximum absolute atomic E-state index is 11.3. The number of nitrogens with zero attached hydrogens (tertiary/aromatic N) is 2. The Morgan fingerprint density at radius 1 is 1.33 bits per heavy atom. The van der Waals surface area contributed by atoms with E-state index in [1.54, 1.807) is 30.6 Å². The van der Waals surface area contributed by atoms with E-state index < -0.39 is 5.97 Å². The Balaban J connectivity index is 1.94. The average molecular weight is 282 g/mol. The van der Waals surface area contributed by atoms with Crippen LogP contribution in [0.25, 0.3) is 10.9 Å². The molecule has 3 rings (SSSR count). The van der Waals surface area contributed by atoms with Gasteiger partial charge in [0.25, 0.3) is 0 Å². The van der Waals surface area contributed by atoms with Gasteiger partial charge in [0.15, 0.2) is 0 Å². The molecule has 2 heterocycles. The van der Waals surface area contributed by atoms with Crippen LogP contribution in [-0.4, -0.2) is 20.6 Å². The van der Waals surface area contributed by atoms with Gasteiger partial charge in [-0.1, -0.05) is 6.07 Å². The fourth-order valence-corrected chi connectivity index (χ4v) is 2.33. The standard InChI is InChI=1S/C16H14N2O3/c1-18-11(10-21-12-4-3-7-17-9-12)8-14-13(16(19)20)5-2-6-15(14)18/h2-9H,10H2,1H3,(H,19,20). The van der Waals surface area contributed by atoms with Crippen LogP contribution in [-0.2, 0) is 13.7 Å². The first-order valence-electron chi connectivity index (χ1n) is 6.50. The van der Waals surface area contributed by atoms with E-state index in [0.717, 1.165) is 16.6 Å². The Hall–Kier alpha value is -2.82. The summed E-state index contributed by atoms with van der Waals surface area (Å²) >= 11 is 0. The van der Waals surface area contributed by atoms with E-state index in [-0.39, 0.29) is 0 Å². The van der Waals surface area contributed by atoms with Gasteiger partial charge in [-0.15, -0.1) is 0 Å². The lowest BCUT2D eigenvalue weighted by Crippen LogP contribution is -2.01. The highest BCUT2D eigenvalue weighted by Crippen LogP contribution is 2.23. The second-order valence-corrected chi connectivity index (χ2v) is 4.72. The van der Waals surface area contributed by atoms with Gasteiger partial charge in [-0.2, -0.15) is 0 Å². The second kappa shape index (κ2) is 5.28. The molecule has 106 valence electrons. The number of carboxylic acids is 1. The van der Waals surface area contributed by atoms with E-state index in [0.29, 0.717) is 17.9 Å². The smallest absolute Gasteiger partial charge is 0.336 e. The summed E-state index contributed by atoms with van der Waals surface area (Å²) in [6, 6.07) is 10.7. The highest BCUT2D eigenvalue weighted by Gasteiger charge is 2.13. The number of rotatable bonds is 4. The van der Waals surface area contributed by atoms with Crippen molar-refractivity contribution in [2.45, 2.75) is 6.61 Å². The zero-order chi connectivity index (χ0) is 14.8. The molecule has 5 nitrogen and oxygen atoms in total. The topological polar surface area (TPSA) is 64.4 Å². The predicted octanol–water partition coefficient (Wildman–Crippen LogP) is 2.85. The summed E-state index contributed by atoms with van der Waals surface area (Å²) in [7, 11) is 1.90.